The van der Waals surface area contributed by atoms with Crippen molar-refractivity contribution in [3.63, 3.8) is 0 Å². The molecule has 2 atom stereocenters. The molecule has 0 bridgehead atoms. The van der Waals surface area contributed by atoms with E-state index in [0.29, 0.717) is 0 Å². The normalized spacial score (nSPS) is 14.5. The smallest absolute Gasteiger partial charge is 0.0942 e. The van der Waals surface area contributed by atoms with Gasteiger partial charge in [0.1, 0.15) is 0 Å². The van der Waals surface area contributed by atoms with Gasteiger partial charge >= 0.3 is 0 Å². The lowest BCUT2D eigenvalue weighted by atomic mass is 9.99. The molecule has 0 aliphatic carbocycles. The Morgan fingerprint density at radius 1 is 1.10 bits per heavy atom. The number of aliphatic hydroxyl groups excluding tert-OH is 1. The van der Waals surface area contributed by atoms with Crippen LogP contribution >= 0.6 is 0 Å². The van der Waals surface area contributed by atoms with E-state index in [4.69, 9.17) is 0 Å². The fourth-order valence-corrected chi connectivity index (χ4v) is 2.42. The summed E-state index contributed by atoms with van der Waals surface area (Å²) in [5, 5.41) is 14.0. The summed E-state index contributed by atoms with van der Waals surface area (Å²) in [6.45, 7) is 12.7. The van der Waals surface area contributed by atoms with Crippen LogP contribution in [0.1, 0.15) is 44.4 Å². The number of hydrogen-bond donors (Lipinski definition) is 2. The number of nitrogens with one attached hydrogen (secondary N) is 1. The maximum Gasteiger partial charge on any atom is 0.0942 e. The van der Waals surface area contributed by atoms with Gasteiger partial charge in [-0.15, -0.1) is 0 Å². The first-order chi connectivity index (χ1) is 9.62. The molecule has 114 valence electrons. The molecule has 0 spiro atoms. The van der Waals surface area contributed by atoms with E-state index < -0.39 is 6.10 Å². The Balaban J connectivity index is 2.50. The number of aryl methyl sites for hydroxylation is 1. The van der Waals surface area contributed by atoms with Crippen molar-refractivity contribution in [1.29, 1.82) is 0 Å². The molecule has 0 aliphatic rings. The molecule has 0 aromatic heterocycles. The molecule has 0 heterocycles. The van der Waals surface area contributed by atoms with E-state index in [1.54, 1.807) is 0 Å². The summed E-state index contributed by atoms with van der Waals surface area (Å²) in [5.74, 6) is 0. The molecule has 3 nitrogen and oxygen atoms in total. The van der Waals surface area contributed by atoms with Crippen LogP contribution in [0.5, 0.6) is 0 Å². The summed E-state index contributed by atoms with van der Waals surface area (Å²) < 4.78 is 0. The summed E-state index contributed by atoms with van der Waals surface area (Å²) in [6.07, 6.45) is 0.491. The van der Waals surface area contributed by atoms with E-state index in [1.165, 1.54) is 5.56 Å². The summed E-state index contributed by atoms with van der Waals surface area (Å²) >= 11 is 0. The summed E-state index contributed by atoms with van der Waals surface area (Å²) in [4.78, 5) is 2.39. The fraction of sp³-hybridized carbons (Fsp3) is 0.647. The van der Waals surface area contributed by atoms with Crippen LogP contribution in [0, 0.1) is 6.92 Å². The predicted octanol–water partition coefficient (Wildman–Crippen LogP) is 2.74. The first-order valence-electron chi connectivity index (χ1n) is 7.82. The van der Waals surface area contributed by atoms with Gasteiger partial charge in [-0.05, 0) is 32.0 Å². The van der Waals surface area contributed by atoms with Gasteiger partial charge in [-0.2, -0.15) is 0 Å². The van der Waals surface area contributed by atoms with Crippen LogP contribution < -0.4 is 5.32 Å². The third-order valence-electron chi connectivity index (χ3n) is 3.97. The highest BCUT2D eigenvalue weighted by Crippen LogP contribution is 2.19. The Labute approximate surface area is 124 Å². The van der Waals surface area contributed by atoms with Crippen LogP contribution in [-0.4, -0.2) is 42.2 Å². The summed E-state index contributed by atoms with van der Waals surface area (Å²) in [7, 11) is 0. The van der Waals surface area contributed by atoms with Crippen LogP contribution in [0.3, 0.4) is 0 Å². The second-order valence-corrected chi connectivity index (χ2v) is 5.35. The number of hydrogen-bond acceptors (Lipinski definition) is 3. The minimum atomic E-state index is -0.433. The highest BCUT2D eigenvalue weighted by atomic mass is 16.3. The zero-order valence-electron chi connectivity index (χ0n) is 13.4. The lowest BCUT2D eigenvalue weighted by Crippen LogP contribution is -2.40. The van der Waals surface area contributed by atoms with Gasteiger partial charge in [0.05, 0.1) is 6.10 Å². The van der Waals surface area contributed by atoms with Gasteiger partial charge in [0.25, 0.3) is 0 Å². The van der Waals surface area contributed by atoms with Gasteiger partial charge in [0.15, 0.2) is 0 Å². The monoisotopic (exact) mass is 278 g/mol. The number of likely N-dealkylation sites (N-methyl/N-ethyl adjacent to an activating group) is 1. The van der Waals surface area contributed by atoms with Crippen molar-refractivity contribution < 1.29 is 5.11 Å². The van der Waals surface area contributed by atoms with Crippen LogP contribution in [-0.2, 0) is 0 Å². The topological polar surface area (TPSA) is 35.5 Å². The molecule has 20 heavy (non-hydrogen) atoms. The average molecular weight is 278 g/mol. The van der Waals surface area contributed by atoms with Crippen molar-refractivity contribution in [1.82, 2.24) is 10.2 Å². The van der Waals surface area contributed by atoms with Crippen molar-refractivity contribution in [3.8, 4) is 0 Å². The third kappa shape index (κ3) is 5.23. The highest BCUT2D eigenvalue weighted by Gasteiger charge is 2.18. The SMILES string of the molecule is CCC(NCCN(CC)CC)C(O)c1ccc(C)cc1. The highest BCUT2D eigenvalue weighted by molar-refractivity contribution is 5.24. The molecule has 0 saturated carbocycles. The number of aliphatic hydroxyl groups is 1. The Morgan fingerprint density at radius 2 is 1.70 bits per heavy atom. The van der Waals surface area contributed by atoms with Crippen molar-refractivity contribution in [2.75, 3.05) is 26.2 Å². The van der Waals surface area contributed by atoms with Crippen LogP contribution in [0.2, 0.25) is 0 Å². The number of rotatable bonds is 9. The maximum atomic E-state index is 10.5. The molecular weight excluding hydrogens is 248 g/mol. The fourth-order valence-electron chi connectivity index (χ4n) is 2.42. The molecule has 0 radical (unpaired) electrons. The van der Waals surface area contributed by atoms with Crippen LogP contribution in [0.4, 0.5) is 0 Å². The summed E-state index contributed by atoms with van der Waals surface area (Å²) in [5.41, 5.74) is 2.22. The molecule has 1 rings (SSSR count). The van der Waals surface area contributed by atoms with E-state index in [2.05, 4.69) is 50.0 Å². The Bertz CT molecular complexity index is 360. The number of benzene rings is 1. The van der Waals surface area contributed by atoms with Crippen molar-refractivity contribution in [2.45, 2.75) is 46.3 Å². The van der Waals surface area contributed by atoms with Gasteiger partial charge in [-0.3, -0.25) is 0 Å². The van der Waals surface area contributed by atoms with E-state index in [-0.39, 0.29) is 6.04 Å². The molecule has 2 N–H and O–H groups in total. The average Bonchev–Trinajstić information content (AvgIpc) is 2.48. The van der Waals surface area contributed by atoms with Gasteiger partial charge in [-0.25, -0.2) is 0 Å². The van der Waals surface area contributed by atoms with Gasteiger partial charge < -0.3 is 15.3 Å². The molecule has 0 fully saturated rings. The summed E-state index contributed by atoms with van der Waals surface area (Å²) in [6, 6.07) is 8.28. The Kier molecular flexibility index (Phi) is 7.82. The standard InChI is InChI=1S/C17H30N2O/c1-5-16(18-12-13-19(6-2)7-3)17(20)15-10-8-14(4)9-11-15/h8-11,16-18,20H,5-7,12-13H2,1-4H3. The number of nitrogens with zero attached hydrogens (tertiary/aromatic N) is 1. The molecule has 2 unspecified atom stereocenters. The van der Waals surface area contributed by atoms with Crippen LogP contribution in [0.15, 0.2) is 24.3 Å². The molecular formula is C17H30N2O. The van der Waals surface area contributed by atoms with E-state index >= 15 is 0 Å². The second-order valence-electron chi connectivity index (χ2n) is 5.35. The lowest BCUT2D eigenvalue weighted by molar-refractivity contribution is 0.124. The largest absolute Gasteiger partial charge is 0.387 e. The van der Waals surface area contributed by atoms with Crippen LogP contribution in [0.25, 0.3) is 0 Å². The van der Waals surface area contributed by atoms with Crippen molar-refractivity contribution >= 4 is 0 Å². The lowest BCUT2D eigenvalue weighted by Gasteiger charge is -2.25. The first kappa shape index (κ1) is 17.2. The van der Waals surface area contributed by atoms with Gasteiger partial charge in [0, 0.05) is 19.1 Å². The minimum Gasteiger partial charge on any atom is -0.387 e. The Hall–Kier alpha value is -0.900. The van der Waals surface area contributed by atoms with E-state index in [0.717, 1.165) is 38.2 Å². The molecule has 0 saturated heterocycles. The first-order valence-corrected chi connectivity index (χ1v) is 7.82. The molecule has 0 aliphatic heterocycles. The van der Waals surface area contributed by atoms with Crippen molar-refractivity contribution in [3.05, 3.63) is 35.4 Å². The van der Waals surface area contributed by atoms with E-state index in [1.807, 2.05) is 12.1 Å². The predicted molar refractivity (Wildman–Crippen MR) is 86.0 cm³/mol. The molecule has 1 aromatic carbocycles. The van der Waals surface area contributed by atoms with Crippen molar-refractivity contribution in [2.24, 2.45) is 0 Å². The second kappa shape index (κ2) is 9.11. The van der Waals surface area contributed by atoms with E-state index in [9.17, 15) is 5.11 Å². The van der Waals surface area contributed by atoms with Gasteiger partial charge in [-0.1, -0.05) is 50.6 Å². The van der Waals surface area contributed by atoms with Gasteiger partial charge in [0.2, 0.25) is 0 Å². The zero-order chi connectivity index (χ0) is 15.0. The zero-order valence-corrected chi connectivity index (χ0v) is 13.4. The molecule has 3 heteroatoms. The maximum absolute atomic E-state index is 10.5. The molecule has 0 amide bonds. The quantitative estimate of drug-likeness (QED) is 0.729. The third-order valence-corrected chi connectivity index (χ3v) is 3.97. The molecule has 1 aromatic rings. The minimum absolute atomic E-state index is 0.119. The Morgan fingerprint density at radius 3 is 2.20 bits per heavy atom.